The molecule has 0 aromatic heterocycles. The van der Waals surface area contributed by atoms with E-state index in [0.717, 1.165) is 51.2 Å². The molecule has 1 fully saturated rings. The summed E-state index contributed by atoms with van der Waals surface area (Å²) in [5, 5.41) is 0. The number of benzene rings is 1. The zero-order valence-electron chi connectivity index (χ0n) is 15.1. The van der Waals surface area contributed by atoms with Crippen LogP contribution in [0, 0.1) is 0 Å². The van der Waals surface area contributed by atoms with Crippen LogP contribution in [-0.4, -0.2) is 54.2 Å². The predicted octanol–water partition coefficient (Wildman–Crippen LogP) is 4.09. The number of allylic oxidation sites excluding steroid dienone is 1. The van der Waals surface area contributed by atoms with E-state index in [2.05, 4.69) is 28.4 Å². The van der Waals surface area contributed by atoms with Crippen molar-refractivity contribution in [1.82, 2.24) is 9.80 Å². The Balaban J connectivity index is 1.95. The summed E-state index contributed by atoms with van der Waals surface area (Å²) in [6, 6.07) is 5.36. The molecule has 0 N–H and O–H groups in total. The van der Waals surface area contributed by atoms with E-state index in [1.807, 2.05) is 6.20 Å². The zero-order valence-corrected chi connectivity index (χ0v) is 15.1. The first kappa shape index (κ1) is 20.3. The summed E-state index contributed by atoms with van der Waals surface area (Å²) in [6.45, 7) is 8.14. The number of likely N-dealkylation sites (tertiary alicyclic amines) is 1. The third kappa shape index (κ3) is 6.05. The van der Waals surface area contributed by atoms with E-state index in [1.54, 1.807) is 0 Å². The first-order valence-electron chi connectivity index (χ1n) is 8.88. The Kier molecular flexibility index (Phi) is 7.08. The largest absolute Gasteiger partial charge is 0.573 e. The van der Waals surface area contributed by atoms with Crippen LogP contribution in [0.5, 0.6) is 5.75 Å². The standard InChI is InChI=1S/C19H25F3N2O2/c1-3-23(4-2)14-16-6-5-12-24(16)13-11-18(25)15-7-9-17(10-8-15)26-19(20,21)22/h7-11,13,16H,3-6,12,14H2,1-2H3/b13-11+/t16-/m0/s1. The van der Waals surface area contributed by atoms with Gasteiger partial charge in [-0.25, -0.2) is 0 Å². The molecule has 1 aromatic rings. The van der Waals surface area contributed by atoms with Crippen LogP contribution in [0.4, 0.5) is 13.2 Å². The molecule has 0 radical (unpaired) electrons. The van der Waals surface area contributed by atoms with Gasteiger partial charge in [-0.05, 0) is 50.2 Å². The number of carbonyl (C=O) groups is 1. The molecule has 0 aliphatic carbocycles. The van der Waals surface area contributed by atoms with Crippen molar-refractivity contribution in [3.05, 3.63) is 42.1 Å². The van der Waals surface area contributed by atoms with E-state index in [1.165, 1.54) is 18.2 Å². The molecule has 26 heavy (non-hydrogen) atoms. The monoisotopic (exact) mass is 370 g/mol. The van der Waals surface area contributed by atoms with Crippen molar-refractivity contribution >= 4 is 5.78 Å². The Hall–Kier alpha value is -2.02. The Morgan fingerprint density at radius 2 is 1.92 bits per heavy atom. The lowest BCUT2D eigenvalue weighted by Gasteiger charge is -2.28. The average molecular weight is 370 g/mol. The highest BCUT2D eigenvalue weighted by atomic mass is 19.4. The van der Waals surface area contributed by atoms with Crippen LogP contribution in [0.3, 0.4) is 0 Å². The van der Waals surface area contributed by atoms with Gasteiger partial charge < -0.3 is 14.5 Å². The van der Waals surface area contributed by atoms with Crippen molar-refractivity contribution in [3.63, 3.8) is 0 Å². The molecule has 1 aromatic carbocycles. The zero-order chi connectivity index (χ0) is 19.2. The lowest BCUT2D eigenvalue weighted by Crippen LogP contribution is -2.38. The third-order valence-electron chi connectivity index (χ3n) is 4.58. The Morgan fingerprint density at radius 1 is 1.27 bits per heavy atom. The fourth-order valence-corrected chi connectivity index (χ4v) is 3.11. The number of alkyl halides is 3. The van der Waals surface area contributed by atoms with Crippen LogP contribution in [0.25, 0.3) is 0 Å². The maximum atomic E-state index is 12.3. The number of ketones is 1. The second kappa shape index (κ2) is 9.07. The number of nitrogens with zero attached hydrogens (tertiary/aromatic N) is 2. The Bertz CT molecular complexity index is 610. The molecule has 1 aliphatic heterocycles. The summed E-state index contributed by atoms with van der Waals surface area (Å²) < 4.78 is 40.3. The highest BCUT2D eigenvalue weighted by Crippen LogP contribution is 2.23. The van der Waals surface area contributed by atoms with Gasteiger partial charge in [0.15, 0.2) is 5.78 Å². The summed E-state index contributed by atoms with van der Waals surface area (Å²) >= 11 is 0. The molecule has 0 saturated carbocycles. The highest BCUT2D eigenvalue weighted by molar-refractivity contribution is 6.04. The maximum Gasteiger partial charge on any atom is 0.573 e. The molecule has 1 atom stereocenters. The minimum atomic E-state index is -4.74. The number of ether oxygens (including phenoxy) is 1. The number of hydrogen-bond donors (Lipinski definition) is 0. The van der Waals surface area contributed by atoms with Crippen LogP contribution < -0.4 is 4.74 Å². The third-order valence-corrected chi connectivity index (χ3v) is 4.58. The molecular formula is C19H25F3N2O2. The molecule has 0 amide bonds. The molecule has 2 rings (SSSR count). The van der Waals surface area contributed by atoms with Gasteiger partial charge in [-0.15, -0.1) is 13.2 Å². The maximum absolute atomic E-state index is 12.3. The number of likely N-dealkylation sites (N-methyl/N-ethyl adjacent to an activating group) is 1. The van der Waals surface area contributed by atoms with Gasteiger partial charge >= 0.3 is 6.36 Å². The van der Waals surface area contributed by atoms with Crippen molar-refractivity contribution in [2.75, 3.05) is 26.2 Å². The molecule has 1 saturated heterocycles. The van der Waals surface area contributed by atoms with Gasteiger partial charge in [0, 0.05) is 37.0 Å². The van der Waals surface area contributed by atoms with Gasteiger partial charge in [-0.3, -0.25) is 4.79 Å². The number of rotatable bonds is 8. The fraction of sp³-hybridized carbons (Fsp3) is 0.526. The molecule has 0 bridgehead atoms. The van der Waals surface area contributed by atoms with Crippen molar-refractivity contribution < 1.29 is 22.7 Å². The summed E-state index contributed by atoms with van der Waals surface area (Å²) in [4.78, 5) is 16.8. The van der Waals surface area contributed by atoms with Gasteiger partial charge in [0.25, 0.3) is 0 Å². The second-order valence-electron chi connectivity index (χ2n) is 6.27. The summed E-state index contributed by atoms with van der Waals surface area (Å²) in [7, 11) is 0. The Labute approximate surface area is 152 Å². The van der Waals surface area contributed by atoms with Gasteiger partial charge in [0.1, 0.15) is 5.75 Å². The van der Waals surface area contributed by atoms with E-state index < -0.39 is 6.36 Å². The van der Waals surface area contributed by atoms with Crippen molar-refractivity contribution in [1.29, 1.82) is 0 Å². The van der Waals surface area contributed by atoms with Gasteiger partial charge in [-0.1, -0.05) is 13.8 Å². The lowest BCUT2D eigenvalue weighted by molar-refractivity contribution is -0.274. The predicted molar refractivity (Wildman–Crippen MR) is 94.1 cm³/mol. The first-order valence-corrected chi connectivity index (χ1v) is 8.88. The first-order chi connectivity index (χ1) is 12.3. The van der Waals surface area contributed by atoms with Crippen LogP contribution in [-0.2, 0) is 0 Å². The molecule has 1 heterocycles. The Morgan fingerprint density at radius 3 is 2.50 bits per heavy atom. The van der Waals surface area contributed by atoms with E-state index in [9.17, 15) is 18.0 Å². The normalized spacial score (nSPS) is 18.1. The summed E-state index contributed by atoms with van der Waals surface area (Å²) in [5.74, 6) is -0.575. The van der Waals surface area contributed by atoms with E-state index in [4.69, 9.17) is 0 Å². The highest BCUT2D eigenvalue weighted by Gasteiger charge is 2.31. The van der Waals surface area contributed by atoms with Crippen LogP contribution in [0.2, 0.25) is 0 Å². The molecule has 4 nitrogen and oxygen atoms in total. The second-order valence-corrected chi connectivity index (χ2v) is 6.27. The fourth-order valence-electron chi connectivity index (χ4n) is 3.11. The summed E-state index contributed by atoms with van der Waals surface area (Å²) in [5.41, 5.74) is 0.329. The topological polar surface area (TPSA) is 32.8 Å². The van der Waals surface area contributed by atoms with Crippen LogP contribution >= 0.6 is 0 Å². The van der Waals surface area contributed by atoms with E-state index in [0.29, 0.717) is 11.6 Å². The SMILES string of the molecule is CCN(CC)C[C@@H]1CCCN1/C=C/C(=O)c1ccc(OC(F)(F)F)cc1. The molecule has 0 spiro atoms. The molecule has 144 valence electrons. The van der Waals surface area contributed by atoms with Crippen molar-refractivity contribution in [2.45, 2.75) is 39.1 Å². The number of carbonyl (C=O) groups excluding carboxylic acids is 1. The number of hydrogen-bond acceptors (Lipinski definition) is 4. The van der Waals surface area contributed by atoms with Gasteiger partial charge in [0.2, 0.25) is 0 Å². The number of halogens is 3. The minimum Gasteiger partial charge on any atom is -0.406 e. The lowest BCUT2D eigenvalue weighted by atomic mass is 10.1. The average Bonchev–Trinajstić information content (AvgIpc) is 3.03. The minimum absolute atomic E-state index is 0.239. The summed E-state index contributed by atoms with van der Waals surface area (Å²) in [6.07, 6.45) is 0.747. The van der Waals surface area contributed by atoms with E-state index >= 15 is 0 Å². The van der Waals surface area contributed by atoms with Gasteiger partial charge in [0.05, 0.1) is 0 Å². The van der Waals surface area contributed by atoms with Gasteiger partial charge in [-0.2, -0.15) is 0 Å². The smallest absolute Gasteiger partial charge is 0.406 e. The quantitative estimate of drug-likeness (QED) is 0.510. The van der Waals surface area contributed by atoms with Crippen LogP contribution in [0.1, 0.15) is 37.0 Å². The molecule has 7 heteroatoms. The molecule has 1 aliphatic rings. The van der Waals surface area contributed by atoms with E-state index in [-0.39, 0.29) is 11.5 Å². The molecular weight excluding hydrogens is 345 g/mol. The van der Waals surface area contributed by atoms with Crippen LogP contribution in [0.15, 0.2) is 36.5 Å². The van der Waals surface area contributed by atoms with Crippen molar-refractivity contribution in [2.24, 2.45) is 0 Å². The molecule has 0 unspecified atom stereocenters. The van der Waals surface area contributed by atoms with Crippen molar-refractivity contribution in [3.8, 4) is 5.75 Å².